The average Bonchev–Trinajstić information content (AvgIpc) is 2.72. The number of carbonyl (C=O) groups excluding carboxylic acids is 1. The molecule has 0 saturated carbocycles. The van der Waals surface area contributed by atoms with Crippen LogP contribution in [-0.4, -0.2) is 25.7 Å². The predicted molar refractivity (Wildman–Crippen MR) is 65.8 cm³/mol. The summed E-state index contributed by atoms with van der Waals surface area (Å²) >= 11 is 0. The van der Waals surface area contributed by atoms with E-state index in [1.54, 1.807) is 17.8 Å². The van der Waals surface area contributed by atoms with Gasteiger partial charge in [0.1, 0.15) is 11.6 Å². The van der Waals surface area contributed by atoms with Crippen molar-refractivity contribution in [3.8, 4) is 0 Å². The number of aromatic nitrogens is 4. The highest BCUT2D eigenvalue weighted by Crippen LogP contribution is 2.12. The Balaban J connectivity index is 2.17. The van der Waals surface area contributed by atoms with Gasteiger partial charge in [-0.1, -0.05) is 0 Å². The van der Waals surface area contributed by atoms with Gasteiger partial charge in [0.2, 0.25) is 0 Å². The van der Waals surface area contributed by atoms with E-state index in [1.807, 2.05) is 13.2 Å². The van der Waals surface area contributed by atoms with E-state index in [1.165, 1.54) is 6.20 Å². The van der Waals surface area contributed by atoms with Crippen molar-refractivity contribution in [2.75, 3.05) is 5.32 Å². The van der Waals surface area contributed by atoms with Gasteiger partial charge >= 0.3 is 0 Å². The first kappa shape index (κ1) is 12.0. The smallest absolute Gasteiger partial charge is 0.254 e. The summed E-state index contributed by atoms with van der Waals surface area (Å²) < 4.78 is 1.71. The lowest BCUT2D eigenvalue weighted by molar-refractivity contribution is 0.100. The van der Waals surface area contributed by atoms with Gasteiger partial charge < -0.3 is 11.1 Å². The number of hydrogen-bond acceptors (Lipinski definition) is 5. The molecule has 2 aromatic heterocycles. The second kappa shape index (κ2) is 4.82. The molecule has 2 heterocycles. The van der Waals surface area contributed by atoms with E-state index in [4.69, 9.17) is 5.73 Å². The predicted octanol–water partition coefficient (Wildman–Crippen LogP) is 0.230. The second-order valence-corrected chi connectivity index (χ2v) is 3.92. The lowest BCUT2D eigenvalue weighted by Crippen LogP contribution is -2.16. The fourth-order valence-corrected chi connectivity index (χ4v) is 1.53. The Kier molecular flexibility index (Phi) is 3.22. The zero-order chi connectivity index (χ0) is 13.1. The zero-order valence-corrected chi connectivity index (χ0v) is 10.2. The standard InChI is InChI=1S/C11H14N6O/c1-7-13-5-9(10(12)18)11(16-7)14-3-8-4-15-17(2)6-8/h4-6H,3H2,1-2H3,(H2,12,18)(H,13,14,16). The summed E-state index contributed by atoms with van der Waals surface area (Å²) in [6.45, 7) is 2.27. The molecule has 0 atom stereocenters. The van der Waals surface area contributed by atoms with Crippen molar-refractivity contribution in [1.29, 1.82) is 0 Å². The van der Waals surface area contributed by atoms with Gasteiger partial charge in [-0.2, -0.15) is 5.10 Å². The zero-order valence-electron chi connectivity index (χ0n) is 10.2. The molecule has 0 fully saturated rings. The van der Waals surface area contributed by atoms with Crippen LogP contribution in [-0.2, 0) is 13.6 Å². The Morgan fingerprint density at radius 3 is 2.89 bits per heavy atom. The van der Waals surface area contributed by atoms with E-state index >= 15 is 0 Å². The van der Waals surface area contributed by atoms with E-state index in [2.05, 4.69) is 20.4 Å². The topological polar surface area (TPSA) is 98.7 Å². The molecular formula is C11H14N6O. The molecule has 7 nitrogen and oxygen atoms in total. The molecule has 18 heavy (non-hydrogen) atoms. The van der Waals surface area contributed by atoms with E-state index < -0.39 is 5.91 Å². The van der Waals surface area contributed by atoms with Crippen LogP contribution in [0.4, 0.5) is 5.82 Å². The first-order valence-electron chi connectivity index (χ1n) is 5.41. The summed E-state index contributed by atoms with van der Waals surface area (Å²) in [6.07, 6.45) is 5.05. The Hall–Kier alpha value is -2.44. The maximum Gasteiger partial charge on any atom is 0.254 e. The van der Waals surface area contributed by atoms with Crippen molar-refractivity contribution in [3.05, 3.63) is 35.5 Å². The molecule has 0 aliphatic heterocycles. The van der Waals surface area contributed by atoms with Gasteiger partial charge in [0, 0.05) is 31.5 Å². The highest BCUT2D eigenvalue weighted by atomic mass is 16.1. The molecule has 1 amide bonds. The van der Waals surface area contributed by atoms with Crippen molar-refractivity contribution in [2.24, 2.45) is 12.8 Å². The number of anilines is 1. The first-order chi connectivity index (χ1) is 8.56. The van der Waals surface area contributed by atoms with Crippen LogP contribution in [0.3, 0.4) is 0 Å². The van der Waals surface area contributed by atoms with E-state index in [-0.39, 0.29) is 5.56 Å². The molecule has 0 spiro atoms. The molecular weight excluding hydrogens is 232 g/mol. The minimum Gasteiger partial charge on any atom is -0.365 e. The maximum atomic E-state index is 11.2. The van der Waals surface area contributed by atoms with Crippen LogP contribution in [0.15, 0.2) is 18.6 Å². The Bertz CT molecular complexity index is 577. The maximum absolute atomic E-state index is 11.2. The Morgan fingerprint density at radius 2 is 2.28 bits per heavy atom. The second-order valence-electron chi connectivity index (χ2n) is 3.92. The first-order valence-corrected chi connectivity index (χ1v) is 5.41. The van der Waals surface area contributed by atoms with E-state index in [0.717, 1.165) is 5.56 Å². The van der Waals surface area contributed by atoms with Crippen molar-refractivity contribution >= 4 is 11.7 Å². The number of aryl methyl sites for hydroxylation is 2. The minimum absolute atomic E-state index is 0.282. The number of nitrogens with zero attached hydrogens (tertiary/aromatic N) is 4. The molecule has 0 bridgehead atoms. The molecule has 0 aromatic carbocycles. The molecule has 2 rings (SSSR count). The van der Waals surface area contributed by atoms with Crippen LogP contribution in [0.25, 0.3) is 0 Å². The molecule has 2 aromatic rings. The Labute approximate surface area is 104 Å². The lowest BCUT2D eigenvalue weighted by Gasteiger charge is -2.08. The van der Waals surface area contributed by atoms with Crippen molar-refractivity contribution in [2.45, 2.75) is 13.5 Å². The number of nitrogens with two attached hydrogens (primary N) is 1. The van der Waals surface area contributed by atoms with E-state index in [0.29, 0.717) is 18.2 Å². The number of primary amides is 1. The molecule has 3 N–H and O–H groups in total. The number of amides is 1. The van der Waals surface area contributed by atoms with Crippen LogP contribution >= 0.6 is 0 Å². The van der Waals surface area contributed by atoms with E-state index in [9.17, 15) is 4.79 Å². The quantitative estimate of drug-likeness (QED) is 0.804. The molecule has 0 saturated heterocycles. The van der Waals surface area contributed by atoms with Crippen molar-refractivity contribution in [1.82, 2.24) is 19.7 Å². The summed E-state index contributed by atoms with van der Waals surface area (Å²) in [5.41, 5.74) is 6.53. The normalized spacial score (nSPS) is 10.3. The van der Waals surface area contributed by atoms with Crippen LogP contribution in [0.1, 0.15) is 21.7 Å². The number of carbonyl (C=O) groups is 1. The molecule has 94 valence electrons. The van der Waals surface area contributed by atoms with Gasteiger partial charge in [-0.3, -0.25) is 9.48 Å². The summed E-state index contributed by atoms with van der Waals surface area (Å²) in [5, 5.41) is 7.12. The average molecular weight is 246 g/mol. The summed E-state index contributed by atoms with van der Waals surface area (Å²) in [7, 11) is 1.84. The van der Waals surface area contributed by atoms with Crippen molar-refractivity contribution in [3.63, 3.8) is 0 Å². The third-order valence-corrected chi connectivity index (χ3v) is 2.39. The third kappa shape index (κ3) is 2.62. The fourth-order valence-electron chi connectivity index (χ4n) is 1.53. The molecule has 0 unspecified atom stereocenters. The molecule has 0 radical (unpaired) electrons. The molecule has 0 aliphatic carbocycles. The summed E-state index contributed by atoms with van der Waals surface area (Å²) in [6, 6.07) is 0. The molecule has 7 heteroatoms. The van der Waals surface area contributed by atoms with Crippen LogP contribution < -0.4 is 11.1 Å². The largest absolute Gasteiger partial charge is 0.365 e. The van der Waals surface area contributed by atoms with Gasteiger partial charge in [0.05, 0.1) is 11.8 Å². The number of rotatable bonds is 4. The van der Waals surface area contributed by atoms with Crippen molar-refractivity contribution < 1.29 is 4.79 Å². The van der Waals surface area contributed by atoms with Crippen LogP contribution in [0.2, 0.25) is 0 Å². The number of nitrogens with one attached hydrogen (secondary N) is 1. The highest BCUT2D eigenvalue weighted by molar-refractivity contribution is 5.97. The SMILES string of the molecule is Cc1ncc(C(N)=O)c(NCc2cnn(C)c2)n1. The van der Waals surface area contributed by atoms with Gasteiger partial charge in [0.25, 0.3) is 5.91 Å². The van der Waals surface area contributed by atoms with Gasteiger partial charge in [-0.05, 0) is 6.92 Å². The summed E-state index contributed by atoms with van der Waals surface area (Å²) in [5.74, 6) is 0.469. The molecule has 0 aliphatic rings. The fraction of sp³-hybridized carbons (Fsp3) is 0.273. The summed E-state index contributed by atoms with van der Waals surface area (Å²) in [4.78, 5) is 19.4. The van der Waals surface area contributed by atoms with Gasteiger partial charge in [0.15, 0.2) is 0 Å². The minimum atomic E-state index is -0.552. The van der Waals surface area contributed by atoms with Crippen LogP contribution in [0, 0.1) is 6.92 Å². The number of hydrogen-bond donors (Lipinski definition) is 2. The van der Waals surface area contributed by atoms with Crippen LogP contribution in [0.5, 0.6) is 0 Å². The van der Waals surface area contributed by atoms with Gasteiger partial charge in [-0.25, -0.2) is 9.97 Å². The lowest BCUT2D eigenvalue weighted by atomic mass is 10.2. The Morgan fingerprint density at radius 1 is 1.50 bits per heavy atom. The highest BCUT2D eigenvalue weighted by Gasteiger charge is 2.10. The third-order valence-electron chi connectivity index (χ3n) is 2.39. The monoisotopic (exact) mass is 246 g/mol. The van der Waals surface area contributed by atoms with Gasteiger partial charge in [-0.15, -0.1) is 0 Å².